The number of halogens is 2. The normalized spacial score (nSPS) is 9.62. The van der Waals surface area contributed by atoms with Crippen LogP contribution in [0.15, 0.2) is 12.1 Å². The average molecular weight is 258 g/mol. The van der Waals surface area contributed by atoms with E-state index in [1.54, 1.807) is 13.0 Å². The highest BCUT2D eigenvalue weighted by Crippen LogP contribution is 2.25. The molecule has 0 heterocycles. The van der Waals surface area contributed by atoms with Crippen molar-refractivity contribution in [2.75, 3.05) is 6.61 Å². The molecule has 0 bridgehead atoms. The van der Waals surface area contributed by atoms with Gasteiger partial charge in [-0.15, -0.1) is 11.6 Å². The molecule has 0 N–H and O–H groups in total. The van der Waals surface area contributed by atoms with Crippen molar-refractivity contribution in [3.05, 3.63) is 33.8 Å². The fourth-order valence-corrected chi connectivity index (χ4v) is 1.85. The molecule has 1 rings (SSSR count). The van der Waals surface area contributed by atoms with E-state index >= 15 is 0 Å². The molecule has 0 aliphatic rings. The molecule has 0 atom stereocenters. The third kappa shape index (κ3) is 2.46. The van der Waals surface area contributed by atoms with E-state index in [2.05, 4.69) is 0 Å². The number of carbonyl (C=O) groups excluding carboxylic acids is 1. The van der Waals surface area contributed by atoms with Gasteiger partial charge in [-0.1, -0.05) is 11.6 Å². The van der Waals surface area contributed by atoms with Gasteiger partial charge in [-0.3, -0.25) is 0 Å². The van der Waals surface area contributed by atoms with Crippen molar-refractivity contribution >= 4 is 29.2 Å². The molecule has 84 valence electrons. The predicted octanol–water partition coefficient (Wildman–Crippen LogP) is 3.13. The first-order chi connectivity index (χ1) is 7.65. The molecule has 0 aliphatic carbocycles. The Kier molecular flexibility index (Phi) is 4.60. The summed E-state index contributed by atoms with van der Waals surface area (Å²) >= 11 is 11.6. The minimum absolute atomic E-state index is 0.0580. The number of ether oxygens (including phenoxy) is 1. The number of nitrogens with zero attached hydrogens (tertiary/aromatic N) is 1. The van der Waals surface area contributed by atoms with Crippen molar-refractivity contribution < 1.29 is 9.53 Å². The van der Waals surface area contributed by atoms with Crippen molar-refractivity contribution in [1.82, 2.24) is 0 Å². The summed E-state index contributed by atoms with van der Waals surface area (Å²) in [5.41, 5.74) is 0.811. The van der Waals surface area contributed by atoms with Crippen molar-refractivity contribution in [3.8, 4) is 6.07 Å². The largest absolute Gasteiger partial charge is 0.462 e. The maximum absolute atomic E-state index is 11.7. The molecule has 16 heavy (non-hydrogen) atoms. The van der Waals surface area contributed by atoms with Crippen LogP contribution in [0.3, 0.4) is 0 Å². The number of alkyl halides is 1. The molecule has 0 radical (unpaired) electrons. The van der Waals surface area contributed by atoms with Gasteiger partial charge in [0.15, 0.2) is 0 Å². The summed E-state index contributed by atoms with van der Waals surface area (Å²) in [6, 6.07) is 4.94. The van der Waals surface area contributed by atoms with Gasteiger partial charge in [0.05, 0.1) is 17.7 Å². The Balaban J connectivity index is 3.37. The SMILES string of the molecule is CCOC(=O)c1c(C#N)ccc(Cl)c1CCl. The van der Waals surface area contributed by atoms with Gasteiger partial charge in [-0.2, -0.15) is 5.26 Å². The van der Waals surface area contributed by atoms with Crippen LogP contribution in [0.2, 0.25) is 5.02 Å². The monoisotopic (exact) mass is 257 g/mol. The lowest BCUT2D eigenvalue weighted by Crippen LogP contribution is -2.10. The molecule has 5 heteroatoms. The second kappa shape index (κ2) is 5.74. The van der Waals surface area contributed by atoms with Gasteiger partial charge in [-0.05, 0) is 19.1 Å². The zero-order chi connectivity index (χ0) is 12.1. The van der Waals surface area contributed by atoms with Crippen molar-refractivity contribution in [3.63, 3.8) is 0 Å². The smallest absolute Gasteiger partial charge is 0.339 e. The van der Waals surface area contributed by atoms with Crippen LogP contribution in [0, 0.1) is 11.3 Å². The highest BCUT2D eigenvalue weighted by atomic mass is 35.5. The van der Waals surface area contributed by atoms with Crippen LogP contribution in [0.25, 0.3) is 0 Å². The fourth-order valence-electron chi connectivity index (χ4n) is 1.28. The lowest BCUT2D eigenvalue weighted by molar-refractivity contribution is 0.0525. The summed E-state index contributed by atoms with van der Waals surface area (Å²) in [6.07, 6.45) is 0. The van der Waals surface area contributed by atoms with Gasteiger partial charge < -0.3 is 4.74 Å². The second-order valence-corrected chi connectivity index (χ2v) is 3.59. The lowest BCUT2D eigenvalue weighted by atomic mass is 10.0. The van der Waals surface area contributed by atoms with E-state index < -0.39 is 5.97 Å². The molecule has 0 spiro atoms. The zero-order valence-electron chi connectivity index (χ0n) is 8.59. The number of hydrogen-bond acceptors (Lipinski definition) is 3. The Labute approximate surface area is 104 Å². The Morgan fingerprint density at radius 3 is 2.75 bits per heavy atom. The molecule has 0 amide bonds. The second-order valence-electron chi connectivity index (χ2n) is 2.91. The molecular weight excluding hydrogens is 249 g/mol. The third-order valence-electron chi connectivity index (χ3n) is 1.99. The van der Waals surface area contributed by atoms with E-state index in [0.717, 1.165) is 0 Å². The first-order valence-corrected chi connectivity index (χ1v) is 5.51. The first kappa shape index (κ1) is 12.8. The molecule has 0 saturated heterocycles. The molecule has 0 aliphatic heterocycles. The summed E-state index contributed by atoms with van der Waals surface area (Å²) in [6.45, 7) is 1.92. The van der Waals surface area contributed by atoms with Gasteiger partial charge >= 0.3 is 5.97 Å². The van der Waals surface area contributed by atoms with Crippen LogP contribution in [0.1, 0.15) is 28.4 Å². The van der Waals surface area contributed by atoms with Crippen molar-refractivity contribution in [2.24, 2.45) is 0 Å². The summed E-state index contributed by atoms with van der Waals surface area (Å²) in [7, 11) is 0. The van der Waals surface area contributed by atoms with E-state index in [0.29, 0.717) is 10.6 Å². The Hall–Kier alpha value is -1.24. The predicted molar refractivity (Wildman–Crippen MR) is 61.7 cm³/mol. The quantitative estimate of drug-likeness (QED) is 0.618. The highest BCUT2D eigenvalue weighted by Gasteiger charge is 2.19. The Bertz CT molecular complexity index is 452. The summed E-state index contributed by atoms with van der Waals surface area (Å²) in [5.74, 6) is -0.514. The summed E-state index contributed by atoms with van der Waals surface area (Å²) in [4.78, 5) is 11.7. The van der Waals surface area contributed by atoms with E-state index in [9.17, 15) is 4.79 Å². The maximum Gasteiger partial charge on any atom is 0.339 e. The van der Waals surface area contributed by atoms with Crippen molar-refractivity contribution in [1.29, 1.82) is 5.26 Å². The van der Waals surface area contributed by atoms with Crippen LogP contribution in [0.5, 0.6) is 0 Å². The Morgan fingerprint density at radius 1 is 1.56 bits per heavy atom. The molecule has 1 aromatic rings. The highest BCUT2D eigenvalue weighted by molar-refractivity contribution is 6.33. The number of carbonyl (C=O) groups is 1. The Morgan fingerprint density at radius 2 is 2.25 bits per heavy atom. The topological polar surface area (TPSA) is 50.1 Å². The number of rotatable bonds is 3. The standard InChI is InChI=1S/C11H9Cl2NO2/c1-2-16-11(15)10-7(6-14)3-4-9(13)8(10)5-12/h3-4H,2,5H2,1H3. The van der Waals surface area contributed by atoms with Crippen molar-refractivity contribution in [2.45, 2.75) is 12.8 Å². The summed E-state index contributed by atoms with van der Waals surface area (Å²) in [5, 5.41) is 9.26. The first-order valence-electron chi connectivity index (χ1n) is 4.60. The van der Waals surface area contributed by atoms with Gasteiger partial charge in [-0.25, -0.2) is 4.79 Å². The number of hydrogen-bond donors (Lipinski definition) is 0. The molecule has 0 fully saturated rings. The van der Waals surface area contributed by atoms with Crippen LogP contribution in [0.4, 0.5) is 0 Å². The van der Waals surface area contributed by atoms with Gasteiger partial charge in [0.1, 0.15) is 6.07 Å². The number of benzene rings is 1. The van der Waals surface area contributed by atoms with E-state index in [1.165, 1.54) is 6.07 Å². The zero-order valence-corrected chi connectivity index (χ0v) is 10.1. The molecule has 1 aromatic carbocycles. The van der Waals surface area contributed by atoms with E-state index in [-0.39, 0.29) is 23.6 Å². The van der Waals surface area contributed by atoms with Crippen LogP contribution >= 0.6 is 23.2 Å². The minimum atomic E-state index is -0.572. The third-order valence-corrected chi connectivity index (χ3v) is 2.61. The number of esters is 1. The van der Waals surface area contributed by atoms with Crippen LogP contribution < -0.4 is 0 Å². The maximum atomic E-state index is 11.7. The molecule has 3 nitrogen and oxygen atoms in total. The van der Waals surface area contributed by atoms with Crippen LogP contribution in [-0.2, 0) is 10.6 Å². The minimum Gasteiger partial charge on any atom is -0.462 e. The summed E-state index contributed by atoms with van der Waals surface area (Å²) < 4.78 is 4.86. The van der Waals surface area contributed by atoms with E-state index in [4.69, 9.17) is 33.2 Å². The fraction of sp³-hybridized carbons (Fsp3) is 0.273. The van der Waals surface area contributed by atoms with E-state index in [1.807, 2.05) is 6.07 Å². The van der Waals surface area contributed by atoms with Gasteiger partial charge in [0.25, 0.3) is 0 Å². The number of nitriles is 1. The molecular formula is C11H9Cl2NO2. The average Bonchev–Trinajstić information content (AvgIpc) is 2.28. The van der Waals surface area contributed by atoms with Gasteiger partial charge in [0.2, 0.25) is 0 Å². The van der Waals surface area contributed by atoms with Gasteiger partial charge in [0, 0.05) is 16.5 Å². The molecule has 0 aromatic heterocycles. The van der Waals surface area contributed by atoms with Crippen LogP contribution in [-0.4, -0.2) is 12.6 Å². The molecule has 0 unspecified atom stereocenters. The lowest BCUT2D eigenvalue weighted by Gasteiger charge is -2.09. The molecule has 0 saturated carbocycles.